The van der Waals surface area contributed by atoms with E-state index in [1.165, 1.54) is 6.07 Å². The average molecular weight is 300 g/mol. The van der Waals surface area contributed by atoms with Gasteiger partial charge in [-0.2, -0.15) is 0 Å². The van der Waals surface area contributed by atoms with Crippen molar-refractivity contribution in [2.45, 2.75) is 0 Å². The van der Waals surface area contributed by atoms with Crippen LogP contribution in [0.4, 0.5) is 11.4 Å². The van der Waals surface area contributed by atoms with Gasteiger partial charge in [0.2, 0.25) is 10.0 Å². The van der Waals surface area contributed by atoms with Crippen molar-refractivity contribution in [1.29, 1.82) is 0 Å². The lowest BCUT2D eigenvalue weighted by Gasteiger charge is -2.07. The van der Waals surface area contributed by atoms with Crippen molar-refractivity contribution in [3.63, 3.8) is 0 Å². The first-order valence-electron chi connectivity index (χ1n) is 3.52. The Morgan fingerprint density at radius 3 is 2.50 bits per heavy atom. The normalized spacial score (nSPS) is 11.4. The van der Waals surface area contributed by atoms with Gasteiger partial charge >= 0.3 is 0 Å². The highest BCUT2D eigenvalue weighted by atomic mass is 79.9. The molecule has 0 amide bonds. The summed E-state index contributed by atoms with van der Waals surface area (Å²) in [6.07, 6.45) is 1.06. The van der Waals surface area contributed by atoms with Crippen molar-refractivity contribution in [2.75, 3.05) is 16.7 Å². The number of nitrogens with one attached hydrogen (secondary N) is 1. The van der Waals surface area contributed by atoms with Crippen LogP contribution in [-0.4, -0.2) is 14.7 Å². The molecule has 3 N–H and O–H groups in total. The predicted molar refractivity (Wildman–Crippen MR) is 62.0 cm³/mol. The second kappa shape index (κ2) is 3.96. The first kappa shape index (κ1) is 11.6. The third-order valence-corrected chi connectivity index (χ3v) is 2.96. The van der Waals surface area contributed by atoms with Gasteiger partial charge in [-0.25, -0.2) is 8.42 Å². The maximum atomic E-state index is 10.9. The molecule has 14 heavy (non-hydrogen) atoms. The largest absolute Gasteiger partial charge is 0.397 e. The van der Waals surface area contributed by atoms with Gasteiger partial charge in [0.25, 0.3) is 0 Å². The second-order valence-corrected chi connectivity index (χ2v) is 5.74. The summed E-state index contributed by atoms with van der Waals surface area (Å²) in [5, 5.41) is 0.297. The zero-order valence-electron chi connectivity index (χ0n) is 7.21. The highest BCUT2D eigenvalue weighted by molar-refractivity contribution is 9.10. The maximum absolute atomic E-state index is 10.9. The van der Waals surface area contributed by atoms with Gasteiger partial charge in [-0.05, 0) is 28.1 Å². The number of rotatable bonds is 2. The molecule has 0 spiro atoms. The van der Waals surface area contributed by atoms with E-state index in [1.807, 2.05) is 0 Å². The van der Waals surface area contributed by atoms with Crippen LogP contribution in [0.25, 0.3) is 0 Å². The van der Waals surface area contributed by atoms with E-state index in [0.717, 1.165) is 6.26 Å². The molecular weight excluding hydrogens is 292 g/mol. The Bertz CT molecular complexity index is 438. The Labute approximate surface area is 95.6 Å². The Balaban J connectivity index is 3.14. The zero-order chi connectivity index (χ0) is 10.9. The van der Waals surface area contributed by atoms with E-state index in [4.69, 9.17) is 17.3 Å². The first-order chi connectivity index (χ1) is 6.29. The lowest BCUT2D eigenvalue weighted by Crippen LogP contribution is -2.09. The number of halogens is 2. The molecule has 0 saturated heterocycles. The van der Waals surface area contributed by atoms with Gasteiger partial charge in [-0.15, -0.1) is 0 Å². The summed E-state index contributed by atoms with van der Waals surface area (Å²) in [5.41, 5.74) is 6.31. The third kappa shape index (κ3) is 3.04. The minimum atomic E-state index is -3.29. The van der Waals surface area contributed by atoms with E-state index in [-0.39, 0.29) is 0 Å². The maximum Gasteiger partial charge on any atom is 0.229 e. The number of hydrogen-bond acceptors (Lipinski definition) is 3. The monoisotopic (exact) mass is 298 g/mol. The molecule has 0 aliphatic carbocycles. The molecule has 0 bridgehead atoms. The van der Waals surface area contributed by atoms with E-state index in [1.54, 1.807) is 6.07 Å². The fourth-order valence-corrected chi connectivity index (χ4v) is 2.20. The molecule has 78 valence electrons. The summed E-state index contributed by atoms with van der Waals surface area (Å²) in [6, 6.07) is 2.99. The summed E-state index contributed by atoms with van der Waals surface area (Å²) >= 11 is 8.92. The average Bonchev–Trinajstić information content (AvgIpc) is 1.96. The highest BCUT2D eigenvalue weighted by Gasteiger charge is 2.07. The number of benzene rings is 1. The minimum absolute atomic E-state index is 0.297. The Hall–Kier alpha value is -0.460. The summed E-state index contributed by atoms with van der Waals surface area (Å²) in [6.45, 7) is 0. The van der Waals surface area contributed by atoms with Gasteiger partial charge in [0.15, 0.2) is 0 Å². The van der Waals surface area contributed by atoms with Crippen molar-refractivity contribution in [3.05, 3.63) is 21.6 Å². The standard InChI is InChI=1S/C7H8BrClN2O2S/c1-14(12,13)11-4-2-5(8)7(10)6(9)3-4/h2-3,11H,10H2,1H3. The van der Waals surface area contributed by atoms with E-state index in [9.17, 15) is 8.42 Å². The number of sulfonamides is 1. The second-order valence-electron chi connectivity index (χ2n) is 2.73. The molecule has 0 fully saturated rings. The van der Waals surface area contributed by atoms with Crippen molar-refractivity contribution in [3.8, 4) is 0 Å². The van der Waals surface area contributed by atoms with Crippen LogP contribution >= 0.6 is 27.5 Å². The molecule has 1 aromatic carbocycles. The molecule has 0 unspecified atom stereocenters. The van der Waals surface area contributed by atoms with Crippen LogP contribution in [0.15, 0.2) is 16.6 Å². The van der Waals surface area contributed by atoms with E-state index >= 15 is 0 Å². The van der Waals surface area contributed by atoms with Crippen LogP contribution in [0.2, 0.25) is 5.02 Å². The third-order valence-electron chi connectivity index (χ3n) is 1.38. The van der Waals surface area contributed by atoms with Crippen molar-refractivity contribution >= 4 is 48.9 Å². The summed E-state index contributed by atoms with van der Waals surface area (Å²) in [4.78, 5) is 0. The zero-order valence-corrected chi connectivity index (χ0v) is 10.4. The fourth-order valence-electron chi connectivity index (χ4n) is 0.857. The van der Waals surface area contributed by atoms with Crippen LogP contribution in [-0.2, 0) is 10.0 Å². The molecule has 4 nitrogen and oxygen atoms in total. The SMILES string of the molecule is CS(=O)(=O)Nc1cc(Cl)c(N)c(Br)c1. The van der Waals surface area contributed by atoms with Crippen LogP contribution in [0.1, 0.15) is 0 Å². The van der Waals surface area contributed by atoms with Crippen LogP contribution in [0.3, 0.4) is 0 Å². The fraction of sp³-hybridized carbons (Fsp3) is 0.143. The van der Waals surface area contributed by atoms with Crippen LogP contribution in [0.5, 0.6) is 0 Å². The number of anilines is 2. The Kier molecular flexibility index (Phi) is 3.28. The molecular formula is C7H8BrClN2O2S. The summed E-state index contributed by atoms with van der Waals surface area (Å²) in [5.74, 6) is 0. The molecule has 0 heterocycles. The van der Waals surface area contributed by atoms with Gasteiger partial charge in [0.05, 0.1) is 22.7 Å². The quantitative estimate of drug-likeness (QED) is 0.821. The molecule has 0 aliphatic rings. The number of nitrogens with two attached hydrogens (primary N) is 1. The molecule has 0 aliphatic heterocycles. The molecule has 1 rings (SSSR count). The Morgan fingerprint density at radius 1 is 1.50 bits per heavy atom. The molecule has 1 aromatic rings. The Morgan fingerprint density at radius 2 is 2.07 bits per heavy atom. The van der Waals surface area contributed by atoms with Crippen LogP contribution in [0, 0.1) is 0 Å². The highest BCUT2D eigenvalue weighted by Crippen LogP contribution is 2.31. The minimum Gasteiger partial charge on any atom is -0.397 e. The number of nitrogen functional groups attached to an aromatic ring is 1. The van der Waals surface area contributed by atoms with E-state index in [0.29, 0.717) is 20.9 Å². The van der Waals surface area contributed by atoms with E-state index in [2.05, 4.69) is 20.7 Å². The molecule has 7 heteroatoms. The topological polar surface area (TPSA) is 72.2 Å². The van der Waals surface area contributed by atoms with Gasteiger partial charge in [0.1, 0.15) is 0 Å². The lowest BCUT2D eigenvalue weighted by molar-refractivity contribution is 0.607. The smallest absolute Gasteiger partial charge is 0.229 e. The van der Waals surface area contributed by atoms with Gasteiger partial charge in [-0.1, -0.05) is 11.6 Å². The van der Waals surface area contributed by atoms with E-state index < -0.39 is 10.0 Å². The molecule has 0 atom stereocenters. The first-order valence-corrected chi connectivity index (χ1v) is 6.58. The summed E-state index contributed by atoms with van der Waals surface area (Å²) in [7, 11) is -3.29. The van der Waals surface area contributed by atoms with Crippen LogP contribution < -0.4 is 10.5 Å². The lowest BCUT2D eigenvalue weighted by atomic mass is 10.3. The molecule has 0 radical (unpaired) electrons. The van der Waals surface area contributed by atoms with Gasteiger partial charge in [0, 0.05) is 4.47 Å². The summed E-state index contributed by atoms with van der Waals surface area (Å²) < 4.78 is 24.7. The van der Waals surface area contributed by atoms with Gasteiger partial charge < -0.3 is 5.73 Å². The van der Waals surface area contributed by atoms with Crippen molar-refractivity contribution in [2.24, 2.45) is 0 Å². The number of hydrogen-bond donors (Lipinski definition) is 2. The predicted octanol–water partition coefficient (Wildman–Crippen LogP) is 2.06. The van der Waals surface area contributed by atoms with Gasteiger partial charge in [-0.3, -0.25) is 4.72 Å². The van der Waals surface area contributed by atoms with Crippen molar-refractivity contribution in [1.82, 2.24) is 0 Å². The molecule has 0 saturated carbocycles. The van der Waals surface area contributed by atoms with Crippen molar-refractivity contribution < 1.29 is 8.42 Å². The molecule has 0 aromatic heterocycles.